The molecule has 0 saturated carbocycles. The Hall–Kier alpha value is -1.88. The van der Waals surface area contributed by atoms with Crippen molar-refractivity contribution in [3.8, 4) is 0 Å². The SMILES string of the molecule is CCC(N)(CC)CNC(=O)c1n[nH]c2ccccc12. The standard InChI is InChI=1S/C14H20N4O/c1-3-14(15,4-2)9-16-13(19)12-10-7-5-6-8-11(10)17-18-12/h5-8H,3-4,9,15H2,1-2H3,(H,16,19)(H,17,18). The Kier molecular flexibility index (Phi) is 3.85. The number of rotatable bonds is 5. The van der Waals surface area contributed by atoms with Crippen LogP contribution in [0.15, 0.2) is 24.3 Å². The fourth-order valence-electron chi connectivity index (χ4n) is 1.98. The first-order valence-corrected chi connectivity index (χ1v) is 6.60. The number of benzene rings is 1. The van der Waals surface area contributed by atoms with E-state index < -0.39 is 0 Å². The Morgan fingerprint density at radius 2 is 2.05 bits per heavy atom. The number of H-pyrrole nitrogens is 1. The molecule has 1 heterocycles. The summed E-state index contributed by atoms with van der Waals surface area (Å²) in [6.45, 7) is 4.51. The Morgan fingerprint density at radius 3 is 2.74 bits per heavy atom. The van der Waals surface area contributed by atoms with E-state index in [1.165, 1.54) is 0 Å². The highest BCUT2D eigenvalue weighted by molar-refractivity contribution is 6.04. The highest BCUT2D eigenvalue weighted by atomic mass is 16.1. The smallest absolute Gasteiger partial charge is 0.272 e. The average Bonchev–Trinajstić information content (AvgIpc) is 2.88. The van der Waals surface area contributed by atoms with E-state index >= 15 is 0 Å². The summed E-state index contributed by atoms with van der Waals surface area (Å²) < 4.78 is 0. The first kappa shape index (κ1) is 13.5. The highest BCUT2D eigenvalue weighted by Gasteiger charge is 2.22. The van der Waals surface area contributed by atoms with Crippen LogP contribution < -0.4 is 11.1 Å². The maximum absolute atomic E-state index is 12.1. The van der Waals surface area contributed by atoms with Crippen LogP contribution in [0.25, 0.3) is 10.9 Å². The van der Waals surface area contributed by atoms with Crippen LogP contribution in [0.5, 0.6) is 0 Å². The van der Waals surface area contributed by atoms with Gasteiger partial charge in [-0.25, -0.2) is 0 Å². The first-order chi connectivity index (χ1) is 9.09. The third-order valence-electron chi connectivity index (χ3n) is 3.69. The Morgan fingerprint density at radius 1 is 1.37 bits per heavy atom. The Bertz CT molecular complexity index is 572. The molecular formula is C14H20N4O. The highest BCUT2D eigenvalue weighted by Crippen LogP contribution is 2.15. The lowest BCUT2D eigenvalue weighted by atomic mass is 9.94. The number of aromatic nitrogens is 2. The number of nitrogens with two attached hydrogens (primary N) is 1. The second-order valence-corrected chi connectivity index (χ2v) is 4.87. The van der Waals surface area contributed by atoms with Gasteiger partial charge < -0.3 is 11.1 Å². The lowest BCUT2D eigenvalue weighted by Crippen LogP contribution is -2.49. The van der Waals surface area contributed by atoms with Crippen molar-refractivity contribution < 1.29 is 4.79 Å². The fourth-order valence-corrected chi connectivity index (χ4v) is 1.98. The van der Waals surface area contributed by atoms with Gasteiger partial charge >= 0.3 is 0 Å². The average molecular weight is 260 g/mol. The summed E-state index contributed by atoms with van der Waals surface area (Å²) in [6, 6.07) is 7.56. The first-order valence-electron chi connectivity index (χ1n) is 6.60. The van der Waals surface area contributed by atoms with Crippen molar-refractivity contribution in [2.45, 2.75) is 32.2 Å². The molecule has 0 bridgehead atoms. The van der Waals surface area contributed by atoms with Gasteiger partial charge in [0.2, 0.25) is 0 Å². The number of para-hydroxylation sites is 1. The zero-order valence-corrected chi connectivity index (χ0v) is 11.4. The molecule has 0 fully saturated rings. The fraction of sp³-hybridized carbons (Fsp3) is 0.429. The van der Waals surface area contributed by atoms with Gasteiger partial charge in [0.15, 0.2) is 5.69 Å². The van der Waals surface area contributed by atoms with Gasteiger partial charge in [-0.05, 0) is 18.9 Å². The monoisotopic (exact) mass is 260 g/mol. The molecule has 0 spiro atoms. The summed E-state index contributed by atoms with van der Waals surface area (Å²) in [6.07, 6.45) is 1.65. The summed E-state index contributed by atoms with van der Waals surface area (Å²) in [5.41, 5.74) is 7.10. The van der Waals surface area contributed by atoms with Gasteiger partial charge in [-0.2, -0.15) is 5.10 Å². The number of carbonyl (C=O) groups is 1. The van der Waals surface area contributed by atoms with E-state index in [4.69, 9.17) is 5.73 Å². The predicted molar refractivity (Wildman–Crippen MR) is 75.9 cm³/mol. The Labute approximate surface area is 112 Å². The maximum atomic E-state index is 12.1. The minimum Gasteiger partial charge on any atom is -0.349 e. The van der Waals surface area contributed by atoms with Crippen molar-refractivity contribution in [1.82, 2.24) is 15.5 Å². The van der Waals surface area contributed by atoms with Crippen LogP contribution in [0.4, 0.5) is 0 Å². The molecule has 1 amide bonds. The molecule has 0 atom stereocenters. The molecule has 0 saturated heterocycles. The molecule has 5 nitrogen and oxygen atoms in total. The minimum atomic E-state index is -0.345. The van der Waals surface area contributed by atoms with Crippen LogP contribution in [-0.2, 0) is 0 Å². The van der Waals surface area contributed by atoms with Crippen molar-refractivity contribution in [2.75, 3.05) is 6.54 Å². The quantitative estimate of drug-likeness (QED) is 0.766. The van der Waals surface area contributed by atoms with Crippen molar-refractivity contribution in [1.29, 1.82) is 0 Å². The van der Waals surface area contributed by atoms with Gasteiger partial charge in [-0.15, -0.1) is 0 Å². The van der Waals surface area contributed by atoms with Gasteiger partial charge in [0.05, 0.1) is 5.52 Å². The summed E-state index contributed by atoms with van der Waals surface area (Å²) in [5.74, 6) is -0.186. The molecule has 2 aromatic rings. The molecule has 0 unspecified atom stereocenters. The number of nitrogens with one attached hydrogen (secondary N) is 2. The zero-order chi connectivity index (χ0) is 13.9. The molecule has 4 N–H and O–H groups in total. The normalized spacial score (nSPS) is 11.7. The summed E-state index contributed by atoms with van der Waals surface area (Å²) in [7, 11) is 0. The second-order valence-electron chi connectivity index (χ2n) is 4.87. The van der Waals surface area contributed by atoms with Crippen LogP contribution in [0.1, 0.15) is 37.2 Å². The van der Waals surface area contributed by atoms with Crippen molar-refractivity contribution in [3.63, 3.8) is 0 Å². The number of aromatic amines is 1. The number of hydrogen-bond donors (Lipinski definition) is 3. The minimum absolute atomic E-state index is 0.186. The number of nitrogens with zero attached hydrogens (tertiary/aromatic N) is 1. The molecule has 0 aliphatic heterocycles. The largest absolute Gasteiger partial charge is 0.349 e. The summed E-state index contributed by atoms with van der Waals surface area (Å²) in [4.78, 5) is 12.1. The van der Waals surface area contributed by atoms with E-state index in [1.54, 1.807) is 0 Å². The van der Waals surface area contributed by atoms with Crippen LogP contribution in [0, 0.1) is 0 Å². The van der Waals surface area contributed by atoms with Crippen molar-refractivity contribution in [3.05, 3.63) is 30.0 Å². The number of hydrogen-bond acceptors (Lipinski definition) is 3. The molecule has 1 aromatic carbocycles. The molecule has 2 rings (SSSR count). The third kappa shape index (κ3) is 2.76. The van der Waals surface area contributed by atoms with E-state index in [-0.39, 0.29) is 11.4 Å². The van der Waals surface area contributed by atoms with Crippen molar-refractivity contribution in [2.24, 2.45) is 5.73 Å². The van der Waals surface area contributed by atoms with Crippen molar-refractivity contribution >= 4 is 16.8 Å². The van der Waals surface area contributed by atoms with Crippen LogP contribution >= 0.6 is 0 Å². The summed E-state index contributed by atoms with van der Waals surface area (Å²) >= 11 is 0. The molecule has 1 aromatic heterocycles. The number of carbonyl (C=O) groups excluding carboxylic acids is 1. The molecule has 19 heavy (non-hydrogen) atoms. The molecule has 5 heteroatoms. The van der Waals surface area contributed by atoms with Crippen LogP contribution in [-0.4, -0.2) is 28.2 Å². The number of fused-ring (bicyclic) bond motifs is 1. The van der Waals surface area contributed by atoms with E-state index in [9.17, 15) is 4.79 Å². The van der Waals surface area contributed by atoms with E-state index in [0.29, 0.717) is 12.2 Å². The van der Waals surface area contributed by atoms with Gasteiger partial charge in [0.25, 0.3) is 5.91 Å². The van der Waals surface area contributed by atoms with E-state index in [1.807, 2.05) is 38.1 Å². The molecule has 102 valence electrons. The third-order valence-corrected chi connectivity index (χ3v) is 3.69. The van der Waals surface area contributed by atoms with Gasteiger partial charge in [0, 0.05) is 17.5 Å². The van der Waals surface area contributed by atoms with Gasteiger partial charge in [-0.3, -0.25) is 9.89 Å². The summed E-state index contributed by atoms with van der Waals surface area (Å²) in [5, 5.41) is 10.6. The van der Waals surface area contributed by atoms with E-state index in [0.717, 1.165) is 23.7 Å². The molecule has 0 aliphatic rings. The van der Waals surface area contributed by atoms with E-state index in [2.05, 4.69) is 15.5 Å². The van der Waals surface area contributed by atoms with Gasteiger partial charge in [0.1, 0.15) is 0 Å². The Balaban J connectivity index is 2.12. The molecule has 0 aliphatic carbocycles. The lowest BCUT2D eigenvalue weighted by molar-refractivity contribution is 0.0938. The maximum Gasteiger partial charge on any atom is 0.272 e. The van der Waals surface area contributed by atoms with Crippen LogP contribution in [0.3, 0.4) is 0 Å². The lowest BCUT2D eigenvalue weighted by Gasteiger charge is -2.26. The van der Waals surface area contributed by atoms with Gasteiger partial charge in [-0.1, -0.05) is 32.0 Å². The topological polar surface area (TPSA) is 83.8 Å². The number of amides is 1. The molecule has 0 radical (unpaired) electrons. The zero-order valence-electron chi connectivity index (χ0n) is 11.4. The second kappa shape index (κ2) is 5.40. The van der Waals surface area contributed by atoms with Crippen LogP contribution in [0.2, 0.25) is 0 Å². The predicted octanol–water partition coefficient (Wildman–Crippen LogP) is 1.81. The molecular weight excluding hydrogens is 240 g/mol.